The highest BCUT2D eigenvalue weighted by molar-refractivity contribution is 7.47. The van der Waals surface area contributed by atoms with Crippen molar-refractivity contribution >= 4 is 39.5 Å². The number of esters is 4. The van der Waals surface area contributed by atoms with E-state index < -0.39 is 97.5 Å². The molecule has 0 aromatic heterocycles. The smallest absolute Gasteiger partial charge is 0.462 e. The van der Waals surface area contributed by atoms with Crippen LogP contribution in [-0.4, -0.2) is 96.7 Å². The molecular formula is C67H130O17P2. The molecule has 0 saturated carbocycles. The zero-order valence-corrected chi connectivity index (χ0v) is 57.4. The quantitative estimate of drug-likeness (QED) is 0.0222. The molecule has 0 saturated heterocycles. The summed E-state index contributed by atoms with van der Waals surface area (Å²) in [6.45, 7) is 9.51. The summed E-state index contributed by atoms with van der Waals surface area (Å²) in [6.07, 6.45) is 42.9. The van der Waals surface area contributed by atoms with Crippen LogP contribution in [0.3, 0.4) is 0 Å². The number of unbranched alkanes of at least 4 members (excludes halogenated alkanes) is 35. The molecular weight excluding hydrogens is 1140 g/mol. The standard InChI is InChI=1S/C67H130O17P2/c1-7-10-12-14-16-18-19-27-33-39-45-51-66(71)83-62(55-77-64(69)49-43-37-31-17-15-13-11-8-2)57-81-85(73,74)79-53-61(68)54-80-86(75,76)82-58-63(56-78-65(70)50-44-38-32-26-22-20-24-29-35-41-47-59(4)5)84-67(72)52-46-40-34-28-23-21-25-30-36-42-48-60(6)9-3/h59-63,68H,7-58H2,1-6H3,(H,73,74)(H,75,76)/t60?,61-,62+,63+/m0/s1. The van der Waals surface area contributed by atoms with Crippen LogP contribution in [0.15, 0.2) is 0 Å². The van der Waals surface area contributed by atoms with Gasteiger partial charge in [0, 0.05) is 25.7 Å². The van der Waals surface area contributed by atoms with Gasteiger partial charge in [-0.25, -0.2) is 9.13 Å². The van der Waals surface area contributed by atoms with Gasteiger partial charge in [0.2, 0.25) is 0 Å². The third-order valence-corrected chi connectivity index (χ3v) is 17.7. The van der Waals surface area contributed by atoms with Crippen LogP contribution in [0.4, 0.5) is 0 Å². The fraction of sp³-hybridized carbons (Fsp3) is 0.940. The fourth-order valence-electron chi connectivity index (χ4n) is 10.0. The minimum Gasteiger partial charge on any atom is -0.462 e. The van der Waals surface area contributed by atoms with Crippen molar-refractivity contribution < 1.29 is 80.2 Å². The van der Waals surface area contributed by atoms with E-state index in [1.165, 1.54) is 148 Å². The second kappa shape index (κ2) is 59.4. The van der Waals surface area contributed by atoms with E-state index in [0.29, 0.717) is 25.7 Å². The van der Waals surface area contributed by atoms with Crippen LogP contribution in [0, 0.1) is 11.8 Å². The lowest BCUT2D eigenvalue weighted by Crippen LogP contribution is -2.30. The Morgan fingerprint density at radius 1 is 0.337 bits per heavy atom. The van der Waals surface area contributed by atoms with Crippen molar-refractivity contribution in [2.75, 3.05) is 39.6 Å². The second-order valence-corrected chi connectivity index (χ2v) is 27.8. The Labute approximate surface area is 524 Å². The number of carbonyl (C=O) groups is 4. The summed E-state index contributed by atoms with van der Waals surface area (Å²) in [5.41, 5.74) is 0. The molecule has 0 aromatic carbocycles. The van der Waals surface area contributed by atoms with Crippen LogP contribution in [0.2, 0.25) is 0 Å². The minimum atomic E-state index is -4.95. The van der Waals surface area contributed by atoms with Crippen LogP contribution in [0.1, 0.15) is 337 Å². The van der Waals surface area contributed by atoms with E-state index in [4.69, 9.17) is 37.0 Å². The number of carbonyl (C=O) groups excluding carboxylic acids is 4. The van der Waals surface area contributed by atoms with E-state index in [-0.39, 0.29) is 25.7 Å². The third-order valence-electron chi connectivity index (χ3n) is 15.8. The van der Waals surface area contributed by atoms with Crippen molar-refractivity contribution in [3.05, 3.63) is 0 Å². The maximum atomic E-state index is 13.0. The normalized spacial score (nSPS) is 14.5. The van der Waals surface area contributed by atoms with Crippen molar-refractivity contribution in [3.8, 4) is 0 Å². The van der Waals surface area contributed by atoms with Crippen molar-refractivity contribution in [2.24, 2.45) is 11.8 Å². The zero-order chi connectivity index (χ0) is 63.6. The van der Waals surface area contributed by atoms with Crippen molar-refractivity contribution in [1.82, 2.24) is 0 Å². The van der Waals surface area contributed by atoms with Gasteiger partial charge in [0.25, 0.3) is 0 Å². The molecule has 510 valence electrons. The number of aliphatic hydroxyl groups excluding tert-OH is 1. The van der Waals surface area contributed by atoms with Gasteiger partial charge in [-0.1, -0.05) is 286 Å². The molecule has 0 aromatic rings. The van der Waals surface area contributed by atoms with Crippen LogP contribution in [0.5, 0.6) is 0 Å². The van der Waals surface area contributed by atoms with Crippen LogP contribution in [0.25, 0.3) is 0 Å². The van der Waals surface area contributed by atoms with Gasteiger partial charge in [-0.15, -0.1) is 0 Å². The molecule has 86 heavy (non-hydrogen) atoms. The predicted octanol–water partition coefficient (Wildman–Crippen LogP) is 18.8. The molecule has 0 spiro atoms. The van der Waals surface area contributed by atoms with Gasteiger partial charge in [-0.2, -0.15) is 0 Å². The summed E-state index contributed by atoms with van der Waals surface area (Å²) in [4.78, 5) is 72.3. The Kier molecular flexibility index (Phi) is 58.0. The average molecular weight is 1270 g/mol. The molecule has 17 nitrogen and oxygen atoms in total. The van der Waals surface area contributed by atoms with Crippen LogP contribution < -0.4 is 0 Å². The third kappa shape index (κ3) is 59.7. The molecule has 3 unspecified atom stereocenters. The topological polar surface area (TPSA) is 237 Å². The maximum Gasteiger partial charge on any atom is 0.472 e. The number of phosphoric acid groups is 2. The SMILES string of the molecule is CCCCCCCCCCCCCC(=O)O[C@H](COC(=O)CCCCCCCCCC)COP(=O)(O)OC[C@H](O)COP(=O)(O)OC[C@@H](COC(=O)CCCCCCCCCCCCC(C)C)OC(=O)CCCCCCCCCCCCC(C)CC. The number of hydrogen-bond donors (Lipinski definition) is 3. The number of hydrogen-bond acceptors (Lipinski definition) is 15. The highest BCUT2D eigenvalue weighted by atomic mass is 31.2. The summed E-state index contributed by atoms with van der Waals surface area (Å²) in [5, 5.41) is 10.6. The summed E-state index contributed by atoms with van der Waals surface area (Å²) >= 11 is 0. The van der Waals surface area contributed by atoms with Gasteiger partial charge in [0.05, 0.1) is 26.4 Å². The molecule has 0 heterocycles. The Bertz CT molecular complexity index is 1690. The predicted molar refractivity (Wildman–Crippen MR) is 345 cm³/mol. The monoisotopic (exact) mass is 1270 g/mol. The molecule has 3 N–H and O–H groups in total. The molecule has 0 aliphatic carbocycles. The van der Waals surface area contributed by atoms with E-state index in [1.807, 2.05) is 0 Å². The summed E-state index contributed by atoms with van der Waals surface area (Å²) in [5.74, 6) is -0.569. The Morgan fingerprint density at radius 2 is 0.593 bits per heavy atom. The van der Waals surface area contributed by atoms with Crippen LogP contribution in [-0.2, 0) is 65.4 Å². The number of aliphatic hydroxyl groups is 1. The molecule has 0 aliphatic rings. The van der Waals surface area contributed by atoms with Gasteiger partial charge in [-0.05, 0) is 37.5 Å². The number of rotatable bonds is 66. The van der Waals surface area contributed by atoms with Gasteiger partial charge < -0.3 is 33.8 Å². The van der Waals surface area contributed by atoms with E-state index in [0.717, 1.165) is 108 Å². The summed E-state index contributed by atoms with van der Waals surface area (Å²) in [7, 11) is -9.89. The van der Waals surface area contributed by atoms with Crippen molar-refractivity contribution in [3.63, 3.8) is 0 Å². The van der Waals surface area contributed by atoms with E-state index in [2.05, 4.69) is 41.5 Å². The van der Waals surface area contributed by atoms with Crippen molar-refractivity contribution in [2.45, 2.75) is 355 Å². The molecule has 19 heteroatoms. The first-order valence-corrected chi connectivity index (χ1v) is 38.0. The van der Waals surface area contributed by atoms with Gasteiger partial charge in [-0.3, -0.25) is 37.3 Å². The van der Waals surface area contributed by atoms with Crippen LogP contribution >= 0.6 is 15.6 Å². The van der Waals surface area contributed by atoms with E-state index in [1.54, 1.807) is 0 Å². The second-order valence-electron chi connectivity index (χ2n) is 24.9. The summed E-state index contributed by atoms with van der Waals surface area (Å²) in [6, 6.07) is 0. The molecule has 0 rings (SSSR count). The molecule has 0 radical (unpaired) electrons. The summed E-state index contributed by atoms with van der Waals surface area (Å²) < 4.78 is 68.1. The van der Waals surface area contributed by atoms with E-state index >= 15 is 0 Å². The molecule has 0 amide bonds. The average Bonchev–Trinajstić information content (AvgIpc) is 3.60. The highest BCUT2D eigenvalue weighted by Gasteiger charge is 2.30. The van der Waals surface area contributed by atoms with Gasteiger partial charge in [0.15, 0.2) is 12.2 Å². The first-order chi connectivity index (χ1) is 41.4. The Morgan fingerprint density at radius 3 is 0.884 bits per heavy atom. The lowest BCUT2D eigenvalue weighted by Gasteiger charge is -2.21. The molecule has 6 atom stereocenters. The van der Waals surface area contributed by atoms with Gasteiger partial charge >= 0.3 is 39.5 Å². The lowest BCUT2D eigenvalue weighted by atomic mass is 9.99. The Hall–Kier alpha value is -1.94. The van der Waals surface area contributed by atoms with Gasteiger partial charge in [0.1, 0.15) is 19.3 Å². The molecule has 0 bridgehead atoms. The zero-order valence-electron chi connectivity index (χ0n) is 55.6. The first-order valence-electron chi connectivity index (χ1n) is 35.0. The first kappa shape index (κ1) is 84.1. The molecule has 0 aliphatic heterocycles. The highest BCUT2D eigenvalue weighted by Crippen LogP contribution is 2.45. The maximum absolute atomic E-state index is 13.0. The minimum absolute atomic E-state index is 0.106. The lowest BCUT2D eigenvalue weighted by molar-refractivity contribution is -0.161. The number of ether oxygens (including phenoxy) is 4. The fourth-order valence-corrected chi connectivity index (χ4v) is 11.6. The van der Waals surface area contributed by atoms with Crippen molar-refractivity contribution in [1.29, 1.82) is 0 Å². The largest absolute Gasteiger partial charge is 0.472 e. The number of phosphoric ester groups is 2. The van der Waals surface area contributed by atoms with E-state index in [9.17, 15) is 43.2 Å². The molecule has 0 fully saturated rings. The Balaban J connectivity index is 5.24.